The topological polar surface area (TPSA) is 3.24 Å². The molecule has 0 radical (unpaired) electrons. The molecule has 0 atom stereocenters. The monoisotopic (exact) mass is 255 g/mol. The maximum absolute atomic E-state index is 3.17. The van der Waals surface area contributed by atoms with E-state index in [1.807, 2.05) is 0 Å². The molecule has 0 heterocycles. The second kappa shape index (κ2) is 5.33. The van der Waals surface area contributed by atoms with E-state index in [1.54, 1.807) is 0 Å². The predicted octanol–water partition coefficient (Wildman–Crippen LogP) is 1.98. The summed E-state index contributed by atoms with van der Waals surface area (Å²) in [5.41, 5.74) is 2.59. The van der Waals surface area contributed by atoms with Crippen LogP contribution in [0, 0.1) is 6.92 Å². The van der Waals surface area contributed by atoms with Crippen molar-refractivity contribution in [2.75, 3.05) is 13.1 Å². The van der Waals surface area contributed by atoms with E-state index in [0.717, 1.165) is 13.1 Å². The van der Waals surface area contributed by atoms with Crippen LogP contribution in [0.2, 0.25) is 0 Å². The Hall–Kier alpha value is -0.591. The van der Waals surface area contributed by atoms with Crippen LogP contribution in [-0.2, 0) is 0 Å². The van der Waals surface area contributed by atoms with E-state index in [-0.39, 0.29) is 0 Å². The molecule has 0 saturated carbocycles. The van der Waals surface area contributed by atoms with Crippen molar-refractivity contribution in [3.05, 3.63) is 35.4 Å². The van der Waals surface area contributed by atoms with Gasteiger partial charge in [-0.2, -0.15) is 0 Å². The van der Waals surface area contributed by atoms with E-state index >= 15 is 0 Å². The molecule has 76 valence electrons. The Morgan fingerprint density at radius 1 is 1.29 bits per heavy atom. The van der Waals surface area contributed by atoms with Crippen LogP contribution in [0.3, 0.4) is 0 Å². The van der Waals surface area contributed by atoms with E-state index in [9.17, 15) is 0 Å². The Bertz CT molecular complexity index is 316. The molecule has 1 aromatic rings. The molecule has 0 fully saturated rings. The molecule has 1 rings (SSSR count). The number of nitrogens with zero attached hydrogens (tertiary/aromatic N) is 1. The van der Waals surface area contributed by atoms with E-state index in [0.29, 0.717) is 0 Å². The molecule has 0 saturated heterocycles. The third-order valence-electron chi connectivity index (χ3n) is 2.32. The van der Waals surface area contributed by atoms with Gasteiger partial charge in [-0.3, -0.25) is 0 Å². The fourth-order valence-corrected chi connectivity index (χ4v) is 2.28. The molecule has 0 N–H and O–H groups in total. The number of benzene rings is 1. The van der Waals surface area contributed by atoms with Gasteiger partial charge in [-0.05, 0) is 0 Å². The number of rotatable bonds is 4. The summed E-state index contributed by atoms with van der Waals surface area (Å²) in [7, 11) is 0. The van der Waals surface area contributed by atoms with Crippen molar-refractivity contribution in [1.29, 1.82) is 0 Å². The van der Waals surface area contributed by atoms with Crippen molar-refractivity contribution in [2.45, 2.75) is 20.8 Å². The second-order valence-electron chi connectivity index (χ2n) is 3.35. The van der Waals surface area contributed by atoms with Gasteiger partial charge >= 0.3 is 94.3 Å². The first-order valence-corrected chi connectivity index (χ1v) is 5.90. The number of hydrogen-bond acceptors (Lipinski definition) is 1. The van der Waals surface area contributed by atoms with Gasteiger partial charge in [0.05, 0.1) is 0 Å². The Morgan fingerprint density at radius 3 is 2.43 bits per heavy atom. The quantitative estimate of drug-likeness (QED) is 0.743. The molecule has 1 nitrogen and oxygen atoms in total. The fourth-order valence-electron chi connectivity index (χ4n) is 1.47. The van der Waals surface area contributed by atoms with Gasteiger partial charge in [-0.15, -0.1) is 0 Å². The summed E-state index contributed by atoms with van der Waals surface area (Å²) in [5.74, 6) is 0. The van der Waals surface area contributed by atoms with Gasteiger partial charge in [0.1, 0.15) is 0 Å². The Labute approximate surface area is 94.5 Å². The van der Waals surface area contributed by atoms with E-state index in [4.69, 9.17) is 0 Å². The minimum atomic E-state index is 1.05. The molecule has 0 aromatic heterocycles. The molecule has 0 aliphatic rings. The summed E-state index contributed by atoms with van der Waals surface area (Å²) < 4.78 is 1.25. The van der Waals surface area contributed by atoms with Crippen molar-refractivity contribution in [3.63, 3.8) is 0 Å². The Morgan fingerprint density at radius 2 is 1.93 bits per heavy atom. The van der Waals surface area contributed by atoms with Crippen molar-refractivity contribution in [2.24, 2.45) is 0 Å². The average Bonchev–Trinajstić information content (AvgIpc) is 2.19. The molecule has 0 bridgehead atoms. The van der Waals surface area contributed by atoms with Gasteiger partial charge in [0.2, 0.25) is 0 Å². The standard InChI is InChI=1S/C12H17NSe/c1-4-13(5-2)12(14)11-8-6-7-10(3)9-11/h6-9H,4-5H2,1-3H3. The first-order chi connectivity index (χ1) is 6.69. The molecule has 1 aromatic carbocycles. The van der Waals surface area contributed by atoms with Crippen molar-refractivity contribution < 1.29 is 0 Å². The minimum absolute atomic E-state index is 1.05. The molecule has 0 aliphatic heterocycles. The van der Waals surface area contributed by atoms with Crippen LogP contribution in [0.1, 0.15) is 25.0 Å². The Balaban J connectivity index is 2.88. The third kappa shape index (κ3) is 2.70. The van der Waals surface area contributed by atoms with Gasteiger partial charge < -0.3 is 0 Å². The molecule has 0 amide bonds. The van der Waals surface area contributed by atoms with Crippen LogP contribution in [0.15, 0.2) is 24.3 Å². The molecular formula is C12H17NSe. The van der Waals surface area contributed by atoms with Crippen LogP contribution in [0.5, 0.6) is 0 Å². The maximum atomic E-state index is 3.17. The predicted molar refractivity (Wildman–Crippen MR) is 64.0 cm³/mol. The number of aryl methyl sites for hydroxylation is 1. The van der Waals surface area contributed by atoms with Gasteiger partial charge in [-0.1, -0.05) is 0 Å². The molecule has 0 aliphatic carbocycles. The molecule has 0 unspecified atom stereocenters. The fraction of sp³-hybridized carbons (Fsp3) is 0.417. The van der Waals surface area contributed by atoms with E-state index in [1.165, 1.54) is 15.7 Å². The summed E-state index contributed by atoms with van der Waals surface area (Å²) in [6.07, 6.45) is 0. The summed E-state index contributed by atoms with van der Waals surface area (Å²) in [4.78, 5) is 2.33. The SMILES string of the molecule is CCN(CC)C(=[Se])c1cccc(C)c1. The van der Waals surface area contributed by atoms with Gasteiger partial charge in [0.15, 0.2) is 0 Å². The van der Waals surface area contributed by atoms with Gasteiger partial charge in [0.25, 0.3) is 0 Å². The van der Waals surface area contributed by atoms with E-state index in [2.05, 4.69) is 65.5 Å². The van der Waals surface area contributed by atoms with Crippen LogP contribution in [0.4, 0.5) is 0 Å². The zero-order chi connectivity index (χ0) is 10.6. The molecule has 14 heavy (non-hydrogen) atoms. The van der Waals surface area contributed by atoms with Gasteiger partial charge in [-0.25, -0.2) is 0 Å². The summed E-state index contributed by atoms with van der Waals surface area (Å²) >= 11 is 3.17. The van der Waals surface area contributed by atoms with Crippen molar-refractivity contribution in [3.8, 4) is 0 Å². The Kier molecular flexibility index (Phi) is 4.37. The molecule has 2 heteroatoms. The van der Waals surface area contributed by atoms with Crippen LogP contribution in [-0.4, -0.2) is 38.1 Å². The van der Waals surface area contributed by atoms with E-state index < -0.39 is 0 Å². The first kappa shape index (κ1) is 11.5. The summed E-state index contributed by atoms with van der Waals surface area (Å²) in [5, 5.41) is 0. The molecule has 0 spiro atoms. The second-order valence-corrected chi connectivity index (χ2v) is 4.16. The normalized spacial score (nSPS) is 9.93. The third-order valence-corrected chi connectivity index (χ3v) is 3.35. The van der Waals surface area contributed by atoms with Crippen LogP contribution in [0.25, 0.3) is 0 Å². The summed E-state index contributed by atoms with van der Waals surface area (Å²) in [6, 6.07) is 8.59. The molecular weight excluding hydrogens is 237 g/mol. The van der Waals surface area contributed by atoms with Crippen LogP contribution < -0.4 is 0 Å². The number of hydrogen-bond donors (Lipinski definition) is 0. The van der Waals surface area contributed by atoms with Crippen LogP contribution >= 0.6 is 0 Å². The van der Waals surface area contributed by atoms with Gasteiger partial charge in [0, 0.05) is 0 Å². The average molecular weight is 254 g/mol. The zero-order valence-electron chi connectivity index (χ0n) is 9.08. The summed E-state index contributed by atoms with van der Waals surface area (Å²) in [6.45, 7) is 8.58. The van der Waals surface area contributed by atoms with Crippen molar-refractivity contribution >= 4 is 20.1 Å². The zero-order valence-corrected chi connectivity index (χ0v) is 10.8. The first-order valence-electron chi connectivity index (χ1n) is 5.05. The van der Waals surface area contributed by atoms with Crippen molar-refractivity contribution in [1.82, 2.24) is 4.90 Å².